The normalized spacial score (nSPS) is 20.3. The molecule has 53 heavy (non-hydrogen) atoms. The third-order valence-electron chi connectivity index (χ3n) is 11.9. The van der Waals surface area contributed by atoms with Gasteiger partial charge in [-0.05, 0) is 77.1 Å². The molecule has 2 atom stereocenters. The van der Waals surface area contributed by atoms with Gasteiger partial charge in [0.05, 0.1) is 11.1 Å². The molecule has 2 heteroatoms. The van der Waals surface area contributed by atoms with Crippen LogP contribution in [0.3, 0.4) is 0 Å². The van der Waals surface area contributed by atoms with Crippen LogP contribution < -0.4 is 4.90 Å². The van der Waals surface area contributed by atoms with Crippen molar-refractivity contribution in [3.8, 4) is 0 Å². The number of allylic oxidation sites excluding steroid dienone is 5. The summed E-state index contributed by atoms with van der Waals surface area (Å²) in [6.45, 7) is 12.5. The Hall–Kier alpha value is -5.47. The van der Waals surface area contributed by atoms with Gasteiger partial charge in [-0.25, -0.2) is 0 Å². The van der Waals surface area contributed by atoms with Gasteiger partial charge in [0.1, 0.15) is 6.54 Å². The van der Waals surface area contributed by atoms with Crippen molar-refractivity contribution >= 4 is 38.6 Å². The number of hydrogen-bond acceptors (Lipinski definition) is 1. The van der Waals surface area contributed by atoms with Gasteiger partial charge < -0.3 is 4.90 Å². The van der Waals surface area contributed by atoms with Gasteiger partial charge in [0.25, 0.3) is 0 Å². The molecule has 8 rings (SSSR count). The standard InChI is InChI=1S/C51H51N2/c1-6-33-51(36-39-20-11-8-12-21-39)44-30-28-41-23-14-16-25-43(41)49(44)52(5)47(51)27-17-26-46-50(4,35-38-18-9-7-10-19-38)48-42-24-15-13-22-40(42)29-31-45(48)53(46)34-32-37(2)3/h6-31,37H,1,32-36H2,2-5H3/q+1. The highest BCUT2D eigenvalue weighted by Gasteiger charge is 2.49. The first kappa shape index (κ1) is 34.6. The predicted octanol–water partition coefficient (Wildman–Crippen LogP) is 12.3. The third-order valence-corrected chi connectivity index (χ3v) is 11.9. The van der Waals surface area contributed by atoms with Crippen molar-refractivity contribution in [1.82, 2.24) is 0 Å². The molecule has 6 aromatic carbocycles. The number of anilines is 1. The van der Waals surface area contributed by atoms with E-state index in [4.69, 9.17) is 0 Å². The first-order valence-corrected chi connectivity index (χ1v) is 19.3. The Kier molecular flexibility index (Phi) is 9.25. The zero-order chi connectivity index (χ0) is 36.6. The summed E-state index contributed by atoms with van der Waals surface area (Å²) in [4.78, 5) is 2.47. The molecular weight excluding hydrogens is 641 g/mol. The molecule has 0 radical (unpaired) electrons. The van der Waals surface area contributed by atoms with E-state index in [9.17, 15) is 0 Å². The minimum Gasteiger partial charge on any atom is -0.347 e. The Balaban J connectivity index is 1.32. The molecular formula is C51H51N2+. The maximum Gasteiger partial charge on any atom is 0.210 e. The maximum absolute atomic E-state index is 4.33. The summed E-state index contributed by atoms with van der Waals surface area (Å²) in [5.74, 6) is 0.602. The number of fused-ring (bicyclic) bond motifs is 6. The highest BCUT2D eigenvalue weighted by atomic mass is 15.2. The first-order valence-electron chi connectivity index (χ1n) is 19.3. The fraction of sp³-hybridized carbons (Fsp3) is 0.235. The van der Waals surface area contributed by atoms with Gasteiger partial charge in [-0.2, -0.15) is 4.58 Å². The number of hydrogen-bond donors (Lipinski definition) is 0. The molecule has 0 spiro atoms. The molecule has 264 valence electrons. The molecule has 0 aromatic heterocycles. The zero-order valence-corrected chi connectivity index (χ0v) is 31.7. The van der Waals surface area contributed by atoms with E-state index in [-0.39, 0.29) is 10.8 Å². The maximum atomic E-state index is 4.33. The molecule has 2 unspecified atom stereocenters. The summed E-state index contributed by atoms with van der Waals surface area (Å²) in [6.07, 6.45) is 13.1. The van der Waals surface area contributed by atoms with E-state index >= 15 is 0 Å². The van der Waals surface area contributed by atoms with Crippen LogP contribution in [0.5, 0.6) is 0 Å². The van der Waals surface area contributed by atoms with Crippen LogP contribution in [-0.2, 0) is 23.7 Å². The van der Waals surface area contributed by atoms with E-state index in [2.05, 4.69) is 202 Å². The molecule has 0 fully saturated rings. The van der Waals surface area contributed by atoms with E-state index in [1.807, 2.05) is 0 Å². The van der Waals surface area contributed by atoms with Gasteiger partial charge in [-0.1, -0.05) is 147 Å². The third kappa shape index (κ3) is 6.05. The highest BCUT2D eigenvalue weighted by molar-refractivity contribution is 6.08. The van der Waals surface area contributed by atoms with Crippen LogP contribution in [0.15, 0.2) is 170 Å². The quantitative estimate of drug-likeness (QED) is 0.0968. The minimum atomic E-state index is -0.258. The highest BCUT2D eigenvalue weighted by Crippen LogP contribution is 2.54. The molecule has 0 aliphatic carbocycles. The summed E-state index contributed by atoms with van der Waals surface area (Å²) >= 11 is 0. The van der Waals surface area contributed by atoms with Crippen LogP contribution in [0.2, 0.25) is 0 Å². The van der Waals surface area contributed by atoms with Crippen molar-refractivity contribution in [3.05, 3.63) is 192 Å². The van der Waals surface area contributed by atoms with E-state index in [0.717, 1.165) is 32.2 Å². The average Bonchev–Trinajstić information content (AvgIpc) is 3.55. The second-order valence-electron chi connectivity index (χ2n) is 15.8. The second kappa shape index (κ2) is 14.2. The summed E-state index contributed by atoms with van der Waals surface area (Å²) in [5.41, 5.74) is 10.3. The number of likely N-dealkylation sites (N-methyl/N-ethyl adjacent to an activating group) is 1. The largest absolute Gasteiger partial charge is 0.347 e. The van der Waals surface area contributed by atoms with Crippen LogP contribution in [-0.4, -0.2) is 23.9 Å². The molecule has 0 saturated carbocycles. The zero-order valence-electron chi connectivity index (χ0n) is 31.7. The SMILES string of the molecule is C=CCC1(Cc2ccccc2)C(=CC=CC2=[N+](CCC(C)C)c3ccc4ccccc4c3C2(C)Cc2ccccc2)N(C)c2c1ccc1ccccc21. The van der Waals surface area contributed by atoms with Crippen molar-refractivity contribution in [3.63, 3.8) is 0 Å². The first-order chi connectivity index (χ1) is 25.8. The molecule has 2 aliphatic heterocycles. The van der Waals surface area contributed by atoms with Crippen molar-refractivity contribution in [2.75, 3.05) is 18.5 Å². The van der Waals surface area contributed by atoms with Gasteiger partial charge in [0.15, 0.2) is 5.71 Å². The summed E-state index contributed by atoms with van der Waals surface area (Å²) in [5, 5.41) is 5.22. The lowest BCUT2D eigenvalue weighted by molar-refractivity contribution is -0.439. The molecule has 6 aromatic rings. The van der Waals surface area contributed by atoms with E-state index < -0.39 is 0 Å². The van der Waals surface area contributed by atoms with E-state index in [0.29, 0.717) is 5.92 Å². The Labute approximate surface area is 316 Å². The number of nitrogens with zero attached hydrogens (tertiary/aromatic N) is 2. The fourth-order valence-electron chi connectivity index (χ4n) is 9.45. The van der Waals surface area contributed by atoms with Crippen molar-refractivity contribution in [2.24, 2.45) is 5.92 Å². The lowest BCUT2D eigenvalue weighted by Crippen LogP contribution is -2.34. The predicted molar refractivity (Wildman–Crippen MR) is 227 cm³/mol. The Morgan fingerprint density at radius 1 is 0.717 bits per heavy atom. The fourth-order valence-corrected chi connectivity index (χ4v) is 9.45. The molecule has 0 N–H and O–H groups in total. The molecule has 2 aliphatic rings. The summed E-state index contributed by atoms with van der Waals surface area (Å²) in [6, 6.07) is 49.2. The molecule has 0 amide bonds. The Bertz CT molecular complexity index is 2400. The topological polar surface area (TPSA) is 6.25 Å². The van der Waals surface area contributed by atoms with Crippen LogP contribution in [0.4, 0.5) is 11.4 Å². The Morgan fingerprint density at radius 3 is 2.00 bits per heavy atom. The lowest BCUT2D eigenvalue weighted by Gasteiger charge is -2.32. The molecule has 2 nitrogen and oxygen atoms in total. The van der Waals surface area contributed by atoms with Crippen LogP contribution in [0.1, 0.15) is 55.9 Å². The molecule has 2 heterocycles. The van der Waals surface area contributed by atoms with Gasteiger partial charge in [0.2, 0.25) is 5.69 Å². The number of rotatable bonds is 11. The molecule has 0 saturated heterocycles. The lowest BCUT2D eigenvalue weighted by atomic mass is 9.71. The van der Waals surface area contributed by atoms with E-state index in [1.165, 1.54) is 66.6 Å². The molecule has 0 bridgehead atoms. The van der Waals surface area contributed by atoms with Crippen LogP contribution in [0, 0.1) is 5.92 Å². The van der Waals surface area contributed by atoms with Gasteiger partial charge >= 0.3 is 0 Å². The summed E-state index contributed by atoms with van der Waals surface area (Å²) in [7, 11) is 2.26. The average molecular weight is 692 g/mol. The monoisotopic (exact) mass is 691 g/mol. The van der Waals surface area contributed by atoms with Gasteiger partial charge in [-0.3, -0.25) is 0 Å². The minimum absolute atomic E-state index is 0.230. The van der Waals surface area contributed by atoms with Crippen LogP contribution >= 0.6 is 0 Å². The van der Waals surface area contributed by atoms with Crippen LogP contribution in [0.25, 0.3) is 21.5 Å². The van der Waals surface area contributed by atoms with Gasteiger partial charge in [0, 0.05) is 47.7 Å². The Morgan fingerprint density at radius 2 is 1.32 bits per heavy atom. The number of benzene rings is 6. The second-order valence-corrected chi connectivity index (χ2v) is 15.8. The van der Waals surface area contributed by atoms with Crippen molar-refractivity contribution in [1.29, 1.82) is 0 Å². The summed E-state index contributed by atoms with van der Waals surface area (Å²) < 4.78 is 2.64. The van der Waals surface area contributed by atoms with Crippen molar-refractivity contribution in [2.45, 2.75) is 57.3 Å². The van der Waals surface area contributed by atoms with Gasteiger partial charge in [-0.15, -0.1) is 6.58 Å². The smallest absolute Gasteiger partial charge is 0.210 e. The van der Waals surface area contributed by atoms with E-state index in [1.54, 1.807) is 0 Å². The van der Waals surface area contributed by atoms with Crippen molar-refractivity contribution < 1.29 is 4.58 Å².